The second-order valence-corrected chi connectivity index (χ2v) is 19.4. The Hall–Kier alpha value is -10.4. The largest absolute Gasteiger partial charge is 0.311 e. The minimum absolute atomic E-state index is 1.09. The second kappa shape index (κ2) is 21.4. The fourth-order valence-electron chi connectivity index (χ4n) is 10.8. The van der Waals surface area contributed by atoms with Gasteiger partial charge >= 0.3 is 0 Å². The molecular formula is C74H54N4. The predicted octanol–water partition coefficient (Wildman–Crippen LogP) is 21.2. The van der Waals surface area contributed by atoms with Crippen LogP contribution in [-0.4, -0.2) is 0 Å². The van der Waals surface area contributed by atoms with Gasteiger partial charge in [0.15, 0.2) is 0 Å². The van der Waals surface area contributed by atoms with Crippen LogP contribution in [0.3, 0.4) is 0 Å². The first-order valence-corrected chi connectivity index (χ1v) is 26.6. The first-order chi connectivity index (χ1) is 38.7. The SMILES string of the molecule is c1ccc(N(c2ccccc2)c2ccc(-c3ccc(N(c4ccccc4)c4ccc5c(ccc6cc(N(c7ccccc7)c7ccc(-c8ccc(N(c9ccccc9)c9ccccc9)cc8)cc7)ccc65)c4)cc3)cc2)cc1. The number of nitrogens with zero attached hydrogens (tertiary/aromatic N) is 4. The first-order valence-electron chi connectivity index (χ1n) is 26.6. The van der Waals surface area contributed by atoms with Crippen molar-refractivity contribution in [2.75, 3.05) is 19.6 Å². The zero-order valence-electron chi connectivity index (χ0n) is 43.0. The standard InChI is InChI=1S/C74H54N4/c1-7-19-61(20-8-1)75(62-21-9-2-10-22-62)67-41-33-55(34-42-67)57-37-45-69(46-38-57)77(65-27-15-5-16-28-65)71-49-51-73-59(53-71)31-32-60-54-72(50-52-74(60)73)78(66-29-17-6-18-30-66)70-47-39-58(40-48-70)56-35-43-68(44-36-56)76(63-23-11-3-12-24-63)64-25-13-4-14-26-64/h1-54H. The summed E-state index contributed by atoms with van der Waals surface area (Å²) < 4.78 is 0. The molecule has 370 valence electrons. The number of rotatable bonds is 14. The topological polar surface area (TPSA) is 13.0 Å². The molecule has 0 spiro atoms. The van der Waals surface area contributed by atoms with E-state index in [-0.39, 0.29) is 0 Å². The molecule has 0 fully saturated rings. The van der Waals surface area contributed by atoms with Gasteiger partial charge in [-0.2, -0.15) is 0 Å². The summed E-state index contributed by atoms with van der Waals surface area (Å²) in [6.45, 7) is 0. The van der Waals surface area contributed by atoms with Crippen LogP contribution in [0.4, 0.5) is 68.2 Å². The average molecular weight is 999 g/mol. The number of fused-ring (bicyclic) bond motifs is 3. The van der Waals surface area contributed by atoms with Crippen LogP contribution in [0.2, 0.25) is 0 Å². The fraction of sp³-hybridized carbons (Fsp3) is 0. The molecule has 13 rings (SSSR count). The van der Waals surface area contributed by atoms with Crippen molar-refractivity contribution in [3.8, 4) is 22.3 Å². The van der Waals surface area contributed by atoms with Crippen molar-refractivity contribution in [2.24, 2.45) is 0 Å². The maximum atomic E-state index is 2.35. The maximum absolute atomic E-state index is 2.35. The molecule has 4 heteroatoms. The highest BCUT2D eigenvalue weighted by Crippen LogP contribution is 2.43. The van der Waals surface area contributed by atoms with E-state index in [1.54, 1.807) is 0 Å². The number of benzene rings is 13. The van der Waals surface area contributed by atoms with Crippen LogP contribution in [0.25, 0.3) is 43.8 Å². The lowest BCUT2D eigenvalue weighted by molar-refractivity contribution is 1.28. The van der Waals surface area contributed by atoms with Gasteiger partial charge in [-0.15, -0.1) is 0 Å². The van der Waals surface area contributed by atoms with Gasteiger partial charge in [0.05, 0.1) is 0 Å². The molecule has 0 bridgehead atoms. The Labute approximate surface area is 456 Å². The van der Waals surface area contributed by atoms with E-state index in [0.717, 1.165) is 90.5 Å². The van der Waals surface area contributed by atoms with Gasteiger partial charge in [-0.05, 0) is 189 Å². The lowest BCUT2D eigenvalue weighted by Crippen LogP contribution is -2.10. The van der Waals surface area contributed by atoms with E-state index in [4.69, 9.17) is 0 Å². The minimum Gasteiger partial charge on any atom is -0.311 e. The summed E-state index contributed by atoms with van der Waals surface area (Å²) in [5.41, 5.74) is 17.9. The molecule has 0 saturated heterocycles. The van der Waals surface area contributed by atoms with Gasteiger partial charge in [0.25, 0.3) is 0 Å². The normalized spacial score (nSPS) is 11.1. The van der Waals surface area contributed by atoms with Gasteiger partial charge in [-0.3, -0.25) is 0 Å². The van der Waals surface area contributed by atoms with Crippen LogP contribution in [0.15, 0.2) is 328 Å². The molecule has 78 heavy (non-hydrogen) atoms. The molecule has 0 aliphatic heterocycles. The summed E-state index contributed by atoms with van der Waals surface area (Å²) in [7, 11) is 0. The van der Waals surface area contributed by atoms with Crippen LogP contribution in [0.1, 0.15) is 0 Å². The molecule has 0 saturated carbocycles. The molecule has 0 radical (unpaired) electrons. The third-order valence-corrected chi connectivity index (χ3v) is 14.6. The van der Waals surface area contributed by atoms with Gasteiger partial charge in [-0.25, -0.2) is 0 Å². The van der Waals surface area contributed by atoms with Crippen molar-refractivity contribution in [2.45, 2.75) is 0 Å². The molecule has 0 aromatic heterocycles. The van der Waals surface area contributed by atoms with Crippen LogP contribution in [0.5, 0.6) is 0 Å². The molecular weight excluding hydrogens is 945 g/mol. The molecule has 0 heterocycles. The van der Waals surface area contributed by atoms with Gasteiger partial charge in [0.2, 0.25) is 0 Å². The van der Waals surface area contributed by atoms with Crippen LogP contribution in [-0.2, 0) is 0 Å². The van der Waals surface area contributed by atoms with E-state index < -0.39 is 0 Å². The summed E-state index contributed by atoms with van der Waals surface area (Å²) in [4.78, 5) is 9.28. The van der Waals surface area contributed by atoms with Crippen LogP contribution >= 0.6 is 0 Å². The lowest BCUT2D eigenvalue weighted by atomic mass is 9.99. The van der Waals surface area contributed by atoms with Gasteiger partial charge in [-0.1, -0.05) is 182 Å². The molecule has 0 aliphatic carbocycles. The molecule has 13 aromatic carbocycles. The summed E-state index contributed by atoms with van der Waals surface area (Å²) >= 11 is 0. The Morgan fingerprint density at radius 2 is 0.321 bits per heavy atom. The Morgan fingerprint density at radius 3 is 0.538 bits per heavy atom. The fourth-order valence-corrected chi connectivity index (χ4v) is 10.8. The summed E-state index contributed by atoms with van der Waals surface area (Å²) in [5, 5.41) is 4.79. The third kappa shape index (κ3) is 9.62. The Bertz CT molecular complexity index is 3730. The summed E-state index contributed by atoms with van der Waals surface area (Å²) in [6, 6.07) is 117. The molecule has 4 nitrogen and oxygen atoms in total. The minimum atomic E-state index is 1.09. The molecule has 0 unspecified atom stereocenters. The molecule has 0 aliphatic rings. The van der Waals surface area contributed by atoms with Crippen molar-refractivity contribution >= 4 is 89.8 Å². The monoisotopic (exact) mass is 998 g/mol. The van der Waals surface area contributed by atoms with E-state index in [1.165, 1.54) is 21.5 Å². The van der Waals surface area contributed by atoms with Crippen molar-refractivity contribution < 1.29 is 0 Å². The predicted molar refractivity (Wildman–Crippen MR) is 331 cm³/mol. The van der Waals surface area contributed by atoms with Gasteiger partial charge in [0, 0.05) is 68.2 Å². The van der Waals surface area contributed by atoms with E-state index in [9.17, 15) is 0 Å². The van der Waals surface area contributed by atoms with E-state index in [0.29, 0.717) is 0 Å². The smallest absolute Gasteiger partial charge is 0.0468 e. The molecule has 13 aromatic rings. The summed E-state index contributed by atoms with van der Waals surface area (Å²) in [5.74, 6) is 0. The number of hydrogen-bond acceptors (Lipinski definition) is 4. The highest BCUT2D eigenvalue weighted by atomic mass is 15.2. The molecule has 0 N–H and O–H groups in total. The highest BCUT2D eigenvalue weighted by Gasteiger charge is 2.18. The van der Waals surface area contributed by atoms with Crippen molar-refractivity contribution in [3.63, 3.8) is 0 Å². The van der Waals surface area contributed by atoms with Crippen LogP contribution < -0.4 is 19.6 Å². The maximum Gasteiger partial charge on any atom is 0.0468 e. The molecule has 0 amide bonds. The third-order valence-electron chi connectivity index (χ3n) is 14.6. The lowest BCUT2D eigenvalue weighted by Gasteiger charge is -2.27. The van der Waals surface area contributed by atoms with E-state index in [1.807, 2.05) is 0 Å². The number of para-hydroxylation sites is 6. The van der Waals surface area contributed by atoms with Crippen LogP contribution in [0, 0.1) is 0 Å². The Kier molecular flexibility index (Phi) is 13.0. The van der Waals surface area contributed by atoms with Crippen molar-refractivity contribution in [1.82, 2.24) is 0 Å². The molecule has 0 atom stereocenters. The van der Waals surface area contributed by atoms with Gasteiger partial charge < -0.3 is 19.6 Å². The summed E-state index contributed by atoms with van der Waals surface area (Å²) in [6.07, 6.45) is 0. The zero-order valence-corrected chi connectivity index (χ0v) is 43.0. The highest BCUT2D eigenvalue weighted by molar-refractivity contribution is 6.10. The van der Waals surface area contributed by atoms with Crippen molar-refractivity contribution in [3.05, 3.63) is 328 Å². The number of hydrogen-bond donors (Lipinski definition) is 0. The Morgan fingerprint density at radius 1 is 0.141 bits per heavy atom. The first kappa shape index (κ1) is 47.3. The average Bonchev–Trinajstić information content (AvgIpc) is 3.56. The van der Waals surface area contributed by atoms with E-state index >= 15 is 0 Å². The Balaban J connectivity index is 0.776. The van der Waals surface area contributed by atoms with Gasteiger partial charge in [0.1, 0.15) is 0 Å². The van der Waals surface area contributed by atoms with E-state index in [2.05, 4.69) is 347 Å². The second-order valence-electron chi connectivity index (χ2n) is 19.4. The quantitative estimate of drug-likeness (QED) is 0.101. The van der Waals surface area contributed by atoms with Crippen molar-refractivity contribution in [1.29, 1.82) is 0 Å². The number of anilines is 12. The zero-order chi connectivity index (χ0) is 52.0.